The Balaban J connectivity index is 2.05. The van der Waals surface area contributed by atoms with Crippen molar-refractivity contribution in [2.24, 2.45) is 0 Å². The monoisotopic (exact) mass is 274 g/mol. The SMILES string of the molecule is Cc1noc(CNC(=O)c2ccccc2NC(C)C)n1. The van der Waals surface area contributed by atoms with Gasteiger partial charge in [-0.05, 0) is 32.9 Å². The maximum Gasteiger partial charge on any atom is 0.253 e. The van der Waals surface area contributed by atoms with E-state index in [1.54, 1.807) is 13.0 Å². The lowest BCUT2D eigenvalue weighted by Gasteiger charge is -2.14. The lowest BCUT2D eigenvalue weighted by atomic mass is 10.1. The number of rotatable bonds is 5. The first-order valence-electron chi connectivity index (χ1n) is 6.49. The maximum absolute atomic E-state index is 12.2. The van der Waals surface area contributed by atoms with Crippen LogP contribution in [0.2, 0.25) is 0 Å². The number of hydrogen-bond donors (Lipinski definition) is 2. The van der Waals surface area contributed by atoms with Crippen molar-refractivity contribution in [3.8, 4) is 0 Å². The number of anilines is 1. The third kappa shape index (κ3) is 3.57. The normalized spacial score (nSPS) is 10.6. The van der Waals surface area contributed by atoms with Crippen molar-refractivity contribution >= 4 is 11.6 Å². The molecule has 20 heavy (non-hydrogen) atoms. The topological polar surface area (TPSA) is 80.0 Å². The van der Waals surface area contributed by atoms with Gasteiger partial charge in [-0.3, -0.25) is 4.79 Å². The molecule has 1 heterocycles. The van der Waals surface area contributed by atoms with Gasteiger partial charge in [-0.1, -0.05) is 17.3 Å². The molecule has 2 rings (SSSR count). The van der Waals surface area contributed by atoms with Gasteiger partial charge in [0, 0.05) is 11.7 Å². The summed E-state index contributed by atoms with van der Waals surface area (Å²) in [6.07, 6.45) is 0. The highest BCUT2D eigenvalue weighted by molar-refractivity contribution is 5.99. The van der Waals surface area contributed by atoms with Gasteiger partial charge in [-0.15, -0.1) is 0 Å². The van der Waals surface area contributed by atoms with Crippen LogP contribution >= 0.6 is 0 Å². The van der Waals surface area contributed by atoms with E-state index >= 15 is 0 Å². The molecule has 2 N–H and O–H groups in total. The highest BCUT2D eigenvalue weighted by atomic mass is 16.5. The Kier molecular flexibility index (Phi) is 4.34. The van der Waals surface area contributed by atoms with Crippen LogP contribution in [0.15, 0.2) is 28.8 Å². The van der Waals surface area contributed by atoms with Gasteiger partial charge in [0.15, 0.2) is 5.82 Å². The van der Waals surface area contributed by atoms with Crippen molar-refractivity contribution in [2.45, 2.75) is 33.4 Å². The van der Waals surface area contributed by atoms with Gasteiger partial charge < -0.3 is 15.2 Å². The van der Waals surface area contributed by atoms with E-state index in [1.165, 1.54) is 0 Å². The number of amides is 1. The molecule has 0 saturated heterocycles. The van der Waals surface area contributed by atoms with Crippen molar-refractivity contribution in [2.75, 3.05) is 5.32 Å². The number of aryl methyl sites for hydroxylation is 1. The Morgan fingerprint density at radius 2 is 2.10 bits per heavy atom. The van der Waals surface area contributed by atoms with Crippen LogP contribution in [0.1, 0.15) is 35.9 Å². The first-order valence-corrected chi connectivity index (χ1v) is 6.49. The summed E-state index contributed by atoms with van der Waals surface area (Å²) in [5.41, 5.74) is 1.40. The second-order valence-electron chi connectivity index (χ2n) is 4.76. The summed E-state index contributed by atoms with van der Waals surface area (Å²) in [7, 11) is 0. The van der Waals surface area contributed by atoms with Crippen LogP contribution in [-0.2, 0) is 6.54 Å². The molecule has 0 radical (unpaired) electrons. The summed E-state index contributed by atoms with van der Waals surface area (Å²) in [6, 6.07) is 7.63. The van der Waals surface area contributed by atoms with Gasteiger partial charge in [0.2, 0.25) is 5.89 Å². The zero-order valence-corrected chi connectivity index (χ0v) is 11.8. The van der Waals surface area contributed by atoms with E-state index in [0.29, 0.717) is 17.3 Å². The molecule has 0 unspecified atom stereocenters. The van der Waals surface area contributed by atoms with Crippen LogP contribution in [0, 0.1) is 6.92 Å². The van der Waals surface area contributed by atoms with Crippen LogP contribution in [-0.4, -0.2) is 22.1 Å². The van der Waals surface area contributed by atoms with Crippen LogP contribution in [0.5, 0.6) is 0 Å². The maximum atomic E-state index is 12.2. The second kappa shape index (κ2) is 6.18. The van der Waals surface area contributed by atoms with Gasteiger partial charge in [-0.25, -0.2) is 0 Å². The lowest BCUT2D eigenvalue weighted by molar-refractivity contribution is 0.0947. The Morgan fingerprint density at radius 1 is 1.35 bits per heavy atom. The fraction of sp³-hybridized carbons (Fsp3) is 0.357. The molecule has 0 atom stereocenters. The molecule has 0 aliphatic carbocycles. The Morgan fingerprint density at radius 3 is 2.75 bits per heavy atom. The van der Waals surface area contributed by atoms with Crippen molar-refractivity contribution < 1.29 is 9.32 Å². The quantitative estimate of drug-likeness (QED) is 0.873. The summed E-state index contributed by atoms with van der Waals surface area (Å²) < 4.78 is 4.95. The van der Waals surface area contributed by atoms with E-state index in [1.807, 2.05) is 32.0 Å². The second-order valence-corrected chi connectivity index (χ2v) is 4.76. The van der Waals surface area contributed by atoms with E-state index in [4.69, 9.17) is 4.52 Å². The average Bonchev–Trinajstić information content (AvgIpc) is 2.82. The standard InChI is InChI=1S/C14H18N4O2/c1-9(2)16-12-7-5-4-6-11(12)14(19)15-8-13-17-10(3)18-20-13/h4-7,9,16H,8H2,1-3H3,(H,15,19). The average molecular weight is 274 g/mol. The Bertz CT molecular complexity index is 592. The third-order valence-corrected chi connectivity index (χ3v) is 2.59. The van der Waals surface area contributed by atoms with Crippen molar-refractivity contribution in [1.82, 2.24) is 15.5 Å². The summed E-state index contributed by atoms with van der Waals surface area (Å²) in [5.74, 6) is 0.769. The molecule has 106 valence electrons. The zero-order valence-electron chi connectivity index (χ0n) is 11.8. The smallest absolute Gasteiger partial charge is 0.253 e. The van der Waals surface area contributed by atoms with Crippen molar-refractivity contribution in [3.05, 3.63) is 41.5 Å². The fourth-order valence-electron chi connectivity index (χ4n) is 1.78. The van der Waals surface area contributed by atoms with Gasteiger partial charge in [0.1, 0.15) is 0 Å². The highest BCUT2D eigenvalue weighted by Gasteiger charge is 2.12. The van der Waals surface area contributed by atoms with Crippen LogP contribution in [0.3, 0.4) is 0 Å². The van der Waals surface area contributed by atoms with Crippen LogP contribution < -0.4 is 10.6 Å². The number of nitrogens with one attached hydrogen (secondary N) is 2. The molecule has 1 aromatic carbocycles. The van der Waals surface area contributed by atoms with Crippen molar-refractivity contribution in [1.29, 1.82) is 0 Å². The Hall–Kier alpha value is -2.37. The molecular formula is C14H18N4O2. The molecule has 6 nitrogen and oxygen atoms in total. The minimum Gasteiger partial charge on any atom is -0.382 e. The molecule has 2 aromatic rings. The van der Waals surface area contributed by atoms with Gasteiger partial charge >= 0.3 is 0 Å². The largest absolute Gasteiger partial charge is 0.382 e. The molecular weight excluding hydrogens is 256 g/mol. The molecule has 0 fully saturated rings. The predicted molar refractivity (Wildman–Crippen MR) is 75.4 cm³/mol. The number of carbonyl (C=O) groups is 1. The fourth-order valence-corrected chi connectivity index (χ4v) is 1.78. The number of nitrogens with zero attached hydrogens (tertiary/aromatic N) is 2. The lowest BCUT2D eigenvalue weighted by Crippen LogP contribution is -2.25. The zero-order chi connectivity index (χ0) is 14.5. The number of aromatic nitrogens is 2. The molecule has 0 aliphatic rings. The number of benzene rings is 1. The minimum absolute atomic E-state index is 0.176. The van der Waals surface area contributed by atoms with Crippen LogP contribution in [0.4, 0.5) is 5.69 Å². The van der Waals surface area contributed by atoms with Crippen molar-refractivity contribution in [3.63, 3.8) is 0 Å². The van der Waals surface area contributed by atoms with Gasteiger partial charge in [-0.2, -0.15) is 4.98 Å². The molecule has 1 amide bonds. The summed E-state index contributed by atoms with van der Waals surface area (Å²) in [5, 5.41) is 9.69. The van der Waals surface area contributed by atoms with E-state index in [9.17, 15) is 4.79 Å². The molecule has 0 saturated carbocycles. The van der Waals surface area contributed by atoms with E-state index in [0.717, 1.165) is 5.69 Å². The molecule has 0 bridgehead atoms. The van der Waals surface area contributed by atoms with E-state index < -0.39 is 0 Å². The summed E-state index contributed by atoms with van der Waals surface area (Å²) in [4.78, 5) is 16.2. The first kappa shape index (κ1) is 14.0. The van der Waals surface area contributed by atoms with E-state index in [2.05, 4.69) is 20.8 Å². The first-order chi connectivity index (χ1) is 9.56. The predicted octanol–water partition coefficient (Wildman–Crippen LogP) is 2.13. The van der Waals surface area contributed by atoms with Gasteiger partial charge in [0.05, 0.1) is 12.1 Å². The molecule has 0 aliphatic heterocycles. The number of para-hydroxylation sites is 1. The third-order valence-electron chi connectivity index (χ3n) is 2.59. The number of carbonyl (C=O) groups excluding carboxylic acids is 1. The highest BCUT2D eigenvalue weighted by Crippen LogP contribution is 2.16. The molecule has 0 spiro atoms. The van der Waals surface area contributed by atoms with E-state index in [-0.39, 0.29) is 18.5 Å². The summed E-state index contributed by atoms with van der Waals surface area (Å²) >= 11 is 0. The van der Waals surface area contributed by atoms with Gasteiger partial charge in [0.25, 0.3) is 5.91 Å². The molecule has 6 heteroatoms. The minimum atomic E-state index is -0.176. The summed E-state index contributed by atoms with van der Waals surface area (Å²) in [6.45, 7) is 6.00. The van der Waals surface area contributed by atoms with Crippen LogP contribution in [0.25, 0.3) is 0 Å². The molecule has 1 aromatic heterocycles. The Labute approximate surface area is 117 Å². The number of hydrogen-bond acceptors (Lipinski definition) is 5.